The van der Waals surface area contributed by atoms with Crippen LogP contribution in [0, 0.1) is 0 Å². The Morgan fingerprint density at radius 1 is 1.15 bits per heavy atom. The first kappa shape index (κ1) is 17.2. The van der Waals surface area contributed by atoms with Crippen LogP contribution in [0.3, 0.4) is 0 Å². The molecule has 0 atom stereocenters. The fourth-order valence-electron chi connectivity index (χ4n) is 3.30. The molecule has 1 aromatic carbocycles. The second-order valence-electron chi connectivity index (χ2n) is 6.64. The molecule has 27 heavy (non-hydrogen) atoms. The summed E-state index contributed by atoms with van der Waals surface area (Å²) in [6.07, 6.45) is 5.02. The summed E-state index contributed by atoms with van der Waals surface area (Å²) < 4.78 is 5.22. The number of pyridine rings is 1. The molecule has 138 valence electrons. The highest BCUT2D eigenvalue weighted by Gasteiger charge is 2.17. The summed E-state index contributed by atoms with van der Waals surface area (Å²) in [6.45, 7) is 0.0890. The molecule has 1 aliphatic carbocycles. The number of hydrogen-bond donors (Lipinski definition) is 2. The van der Waals surface area contributed by atoms with Crippen molar-refractivity contribution in [2.45, 2.75) is 38.6 Å². The van der Waals surface area contributed by atoms with E-state index in [2.05, 4.69) is 20.4 Å². The molecule has 2 heterocycles. The average Bonchev–Trinajstić information content (AvgIpc) is 3.05. The Kier molecular flexibility index (Phi) is 4.82. The minimum Gasteiger partial charge on any atom is -0.344 e. The van der Waals surface area contributed by atoms with E-state index in [0.29, 0.717) is 11.7 Å². The van der Waals surface area contributed by atoms with Crippen LogP contribution in [0.1, 0.15) is 46.7 Å². The van der Waals surface area contributed by atoms with Crippen molar-refractivity contribution in [1.82, 2.24) is 20.4 Å². The van der Waals surface area contributed by atoms with Gasteiger partial charge in [-0.3, -0.25) is 9.59 Å². The Morgan fingerprint density at radius 2 is 1.96 bits per heavy atom. The smallest absolute Gasteiger partial charge is 0.261 e. The lowest BCUT2D eigenvalue weighted by Crippen LogP contribution is -2.30. The minimum absolute atomic E-state index is 0.0890. The first-order chi connectivity index (χ1) is 13.2. The van der Waals surface area contributed by atoms with Gasteiger partial charge in [-0.1, -0.05) is 29.8 Å². The molecular weight excluding hydrogens is 344 g/mol. The molecule has 0 spiro atoms. The maximum atomic E-state index is 12.5. The van der Waals surface area contributed by atoms with Crippen LogP contribution in [0.5, 0.6) is 0 Å². The standard InChI is InChI=1S/C20H20N4O3/c25-18(15-11-14-9-5-2-6-10-16(14)22-19(15)26)21-12-17-23-20(27-24-17)13-7-3-1-4-8-13/h1,3-4,7-8,11H,2,5-6,9-10,12H2,(H,21,25)(H,22,26). The molecule has 1 aliphatic rings. The van der Waals surface area contributed by atoms with Gasteiger partial charge >= 0.3 is 0 Å². The molecule has 0 aliphatic heterocycles. The fourth-order valence-corrected chi connectivity index (χ4v) is 3.30. The molecule has 0 bridgehead atoms. The number of carbonyl (C=O) groups excluding carboxylic acids is 1. The summed E-state index contributed by atoms with van der Waals surface area (Å²) in [7, 11) is 0. The van der Waals surface area contributed by atoms with Gasteiger partial charge in [0.05, 0.1) is 6.54 Å². The first-order valence-electron chi connectivity index (χ1n) is 9.12. The highest BCUT2D eigenvalue weighted by molar-refractivity contribution is 5.93. The van der Waals surface area contributed by atoms with E-state index in [9.17, 15) is 9.59 Å². The van der Waals surface area contributed by atoms with Crippen molar-refractivity contribution in [3.05, 3.63) is 69.4 Å². The molecule has 0 fully saturated rings. The Labute approximate surface area is 155 Å². The Morgan fingerprint density at radius 3 is 2.81 bits per heavy atom. The quantitative estimate of drug-likeness (QED) is 0.693. The molecule has 2 N–H and O–H groups in total. The Bertz CT molecular complexity index is 1010. The van der Waals surface area contributed by atoms with E-state index in [-0.39, 0.29) is 17.7 Å². The van der Waals surface area contributed by atoms with Gasteiger partial charge in [-0.05, 0) is 49.4 Å². The second kappa shape index (κ2) is 7.57. The number of H-pyrrole nitrogens is 1. The third-order valence-corrected chi connectivity index (χ3v) is 4.73. The number of fused-ring (bicyclic) bond motifs is 1. The topological polar surface area (TPSA) is 101 Å². The number of benzene rings is 1. The lowest BCUT2D eigenvalue weighted by molar-refractivity contribution is 0.0948. The van der Waals surface area contributed by atoms with E-state index < -0.39 is 5.91 Å². The Balaban J connectivity index is 1.46. The van der Waals surface area contributed by atoms with Crippen molar-refractivity contribution in [2.24, 2.45) is 0 Å². The highest BCUT2D eigenvalue weighted by atomic mass is 16.5. The number of nitrogens with zero attached hydrogens (tertiary/aromatic N) is 2. The van der Waals surface area contributed by atoms with Gasteiger partial charge in [0, 0.05) is 11.3 Å². The van der Waals surface area contributed by atoms with E-state index in [1.807, 2.05) is 30.3 Å². The Hall–Kier alpha value is -3.22. The molecule has 0 saturated heterocycles. The number of aromatic nitrogens is 3. The van der Waals surface area contributed by atoms with E-state index in [1.165, 1.54) is 0 Å². The van der Waals surface area contributed by atoms with Crippen molar-refractivity contribution >= 4 is 5.91 Å². The summed E-state index contributed by atoms with van der Waals surface area (Å²) in [5.74, 6) is 0.311. The number of aromatic amines is 1. The lowest BCUT2D eigenvalue weighted by atomic mass is 10.1. The summed E-state index contributed by atoms with van der Waals surface area (Å²) in [5, 5.41) is 6.58. The second-order valence-corrected chi connectivity index (χ2v) is 6.64. The van der Waals surface area contributed by atoms with Gasteiger partial charge in [-0.2, -0.15) is 4.98 Å². The van der Waals surface area contributed by atoms with Crippen LogP contribution in [0.25, 0.3) is 11.5 Å². The molecule has 4 rings (SSSR count). The molecule has 7 heteroatoms. The van der Waals surface area contributed by atoms with Gasteiger partial charge in [0.25, 0.3) is 17.4 Å². The van der Waals surface area contributed by atoms with Crippen LogP contribution in [0.15, 0.2) is 45.7 Å². The zero-order chi connectivity index (χ0) is 18.6. The number of amides is 1. The van der Waals surface area contributed by atoms with Crippen molar-refractivity contribution in [1.29, 1.82) is 0 Å². The van der Waals surface area contributed by atoms with Crippen molar-refractivity contribution in [3.8, 4) is 11.5 Å². The molecule has 0 unspecified atom stereocenters. The number of aryl methyl sites for hydroxylation is 2. The molecule has 0 radical (unpaired) electrons. The third kappa shape index (κ3) is 3.81. The molecule has 1 amide bonds. The zero-order valence-electron chi connectivity index (χ0n) is 14.8. The van der Waals surface area contributed by atoms with Gasteiger partial charge in [0.15, 0.2) is 5.82 Å². The highest BCUT2D eigenvalue weighted by Crippen LogP contribution is 2.18. The van der Waals surface area contributed by atoms with Gasteiger partial charge in [-0.25, -0.2) is 0 Å². The van der Waals surface area contributed by atoms with Crippen LogP contribution >= 0.6 is 0 Å². The number of nitrogens with one attached hydrogen (secondary N) is 2. The van der Waals surface area contributed by atoms with Gasteiger partial charge < -0.3 is 14.8 Å². The van der Waals surface area contributed by atoms with E-state index >= 15 is 0 Å². The predicted molar refractivity (Wildman–Crippen MR) is 99.2 cm³/mol. The maximum Gasteiger partial charge on any atom is 0.261 e. The summed E-state index contributed by atoms with van der Waals surface area (Å²) in [5.41, 5.74) is 2.60. The van der Waals surface area contributed by atoms with Crippen molar-refractivity contribution < 1.29 is 9.32 Å². The van der Waals surface area contributed by atoms with Crippen LogP contribution in [-0.4, -0.2) is 21.0 Å². The van der Waals surface area contributed by atoms with Crippen molar-refractivity contribution in [2.75, 3.05) is 0 Å². The zero-order valence-corrected chi connectivity index (χ0v) is 14.8. The molecular formula is C20H20N4O3. The number of carbonyl (C=O) groups is 1. The number of rotatable bonds is 4. The SMILES string of the molecule is O=C(NCc1noc(-c2ccccc2)n1)c1cc2c([nH]c1=O)CCCCC2. The number of hydrogen-bond acceptors (Lipinski definition) is 5. The van der Waals surface area contributed by atoms with E-state index in [4.69, 9.17) is 4.52 Å². The van der Waals surface area contributed by atoms with Crippen molar-refractivity contribution in [3.63, 3.8) is 0 Å². The summed E-state index contributed by atoms with van der Waals surface area (Å²) in [6, 6.07) is 11.1. The van der Waals surface area contributed by atoms with Gasteiger partial charge in [-0.15, -0.1) is 0 Å². The third-order valence-electron chi connectivity index (χ3n) is 4.73. The molecule has 3 aromatic rings. The fraction of sp³-hybridized carbons (Fsp3) is 0.300. The monoisotopic (exact) mass is 364 g/mol. The van der Waals surface area contributed by atoms with Gasteiger partial charge in [0.2, 0.25) is 0 Å². The largest absolute Gasteiger partial charge is 0.344 e. The molecule has 7 nitrogen and oxygen atoms in total. The van der Waals surface area contributed by atoms with Crippen LogP contribution in [0.4, 0.5) is 0 Å². The van der Waals surface area contributed by atoms with Crippen LogP contribution in [0.2, 0.25) is 0 Å². The average molecular weight is 364 g/mol. The van der Waals surface area contributed by atoms with Gasteiger partial charge in [0.1, 0.15) is 5.56 Å². The molecule has 0 saturated carbocycles. The summed E-state index contributed by atoms with van der Waals surface area (Å²) in [4.78, 5) is 31.9. The predicted octanol–water partition coefficient (Wildman–Crippen LogP) is 2.62. The minimum atomic E-state index is -0.436. The first-order valence-corrected chi connectivity index (χ1v) is 9.12. The normalized spacial score (nSPS) is 13.6. The lowest BCUT2D eigenvalue weighted by Gasteiger charge is -2.08. The summed E-state index contributed by atoms with van der Waals surface area (Å²) >= 11 is 0. The van der Waals surface area contributed by atoms with Crippen LogP contribution < -0.4 is 10.9 Å². The maximum absolute atomic E-state index is 12.5. The van der Waals surface area contributed by atoms with E-state index in [1.54, 1.807) is 6.07 Å². The van der Waals surface area contributed by atoms with Crippen LogP contribution in [-0.2, 0) is 19.4 Å². The molecule has 2 aromatic heterocycles. The van der Waals surface area contributed by atoms with E-state index in [0.717, 1.165) is 48.9 Å².